The molecular weight excluding hydrogens is 456 g/mol. The van der Waals surface area contributed by atoms with Crippen molar-refractivity contribution in [2.24, 2.45) is 0 Å². The summed E-state index contributed by atoms with van der Waals surface area (Å²) in [7, 11) is 0. The first-order valence-corrected chi connectivity index (χ1v) is 13.3. The van der Waals surface area contributed by atoms with Crippen molar-refractivity contribution in [2.75, 3.05) is 0 Å². The van der Waals surface area contributed by atoms with Gasteiger partial charge in [0.15, 0.2) is 0 Å². The first-order chi connectivity index (χ1) is 18.5. The van der Waals surface area contributed by atoms with Crippen molar-refractivity contribution in [2.45, 2.75) is 27.7 Å². The molecule has 0 amide bonds. The highest BCUT2D eigenvalue weighted by Crippen LogP contribution is 2.31. The van der Waals surface area contributed by atoms with Crippen LogP contribution >= 0.6 is 0 Å². The van der Waals surface area contributed by atoms with Gasteiger partial charge >= 0.3 is 0 Å². The Labute approximate surface area is 227 Å². The van der Waals surface area contributed by atoms with Crippen LogP contribution in [0.2, 0.25) is 0 Å². The van der Waals surface area contributed by atoms with E-state index in [9.17, 15) is 0 Å². The smallest absolute Gasteiger partial charge is 0.0105 e. The highest BCUT2D eigenvalue weighted by atomic mass is 14.1. The second-order valence-electron chi connectivity index (χ2n) is 10.2. The standard InChI is InChI=1S/C38H34/c1-27-9-17-31(18-10-27)37(32-19-11-28(2)12-20-32)25-35-7-5-6-8-36(35)26-38(33-21-13-29(3)14-22-33)34-23-15-30(4)16-24-34/h5-26H,1-4H3. The van der Waals surface area contributed by atoms with Crippen LogP contribution in [0.5, 0.6) is 0 Å². The molecule has 5 aromatic carbocycles. The minimum Gasteiger partial charge on any atom is -0.0616 e. The zero-order chi connectivity index (χ0) is 26.5. The summed E-state index contributed by atoms with van der Waals surface area (Å²) in [6.45, 7) is 8.54. The molecule has 0 bridgehead atoms. The molecule has 0 saturated heterocycles. The van der Waals surface area contributed by atoms with Crippen molar-refractivity contribution in [3.8, 4) is 0 Å². The molecule has 0 aromatic heterocycles. The van der Waals surface area contributed by atoms with Gasteiger partial charge in [0.25, 0.3) is 0 Å². The zero-order valence-electron chi connectivity index (χ0n) is 22.7. The van der Waals surface area contributed by atoms with E-state index in [4.69, 9.17) is 0 Å². The van der Waals surface area contributed by atoms with Gasteiger partial charge < -0.3 is 0 Å². The lowest BCUT2D eigenvalue weighted by atomic mass is 9.91. The molecule has 0 atom stereocenters. The number of hydrogen-bond acceptors (Lipinski definition) is 0. The largest absolute Gasteiger partial charge is 0.0616 e. The number of hydrogen-bond donors (Lipinski definition) is 0. The lowest BCUT2D eigenvalue weighted by molar-refractivity contribution is 1.43. The van der Waals surface area contributed by atoms with Gasteiger partial charge in [0, 0.05) is 0 Å². The van der Waals surface area contributed by atoms with Crippen molar-refractivity contribution in [1.82, 2.24) is 0 Å². The first kappa shape index (κ1) is 25.2. The van der Waals surface area contributed by atoms with Crippen molar-refractivity contribution in [1.29, 1.82) is 0 Å². The normalized spacial score (nSPS) is 10.6. The Hall–Kier alpha value is -4.42. The van der Waals surface area contributed by atoms with Crippen molar-refractivity contribution >= 4 is 23.3 Å². The summed E-state index contributed by atoms with van der Waals surface area (Å²) in [4.78, 5) is 0. The molecule has 0 saturated carbocycles. The molecule has 5 rings (SSSR count). The van der Waals surface area contributed by atoms with E-state index in [-0.39, 0.29) is 0 Å². The molecule has 0 heteroatoms. The van der Waals surface area contributed by atoms with E-state index < -0.39 is 0 Å². The van der Waals surface area contributed by atoms with Crippen LogP contribution in [-0.4, -0.2) is 0 Å². The van der Waals surface area contributed by atoms with Crippen LogP contribution in [0.1, 0.15) is 55.6 Å². The molecule has 0 heterocycles. The Morgan fingerprint density at radius 2 is 0.579 bits per heavy atom. The maximum atomic E-state index is 2.34. The molecule has 0 aliphatic carbocycles. The van der Waals surface area contributed by atoms with Crippen LogP contribution < -0.4 is 0 Å². The van der Waals surface area contributed by atoms with Crippen LogP contribution in [-0.2, 0) is 0 Å². The molecule has 0 nitrogen and oxygen atoms in total. The minimum atomic E-state index is 1.19. The predicted molar refractivity (Wildman–Crippen MR) is 165 cm³/mol. The van der Waals surface area contributed by atoms with Gasteiger partial charge in [-0.25, -0.2) is 0 Å². The second kappa shape index (κ2) is 11.3. The Morgan fingerprint density at radius 3 is 0.816 bits per heavy atom. The first-order valence-electron chi connectivity index (χ1n) is 13.3. The number of rotatable bonds is 6. The fourth-order valence-electron chi connectivity index (χ4n) is 4.68. The molecule has 0 aliphatic rings. The van der Waals surface area contributed by atoms with Gasteiger partial charge in [-0.1, -0.05) is 144 Å². The van der Waals surface area contributed by atoms with Crippen molar-refractivity contribution in [3.63, 3.8) is 0 Å². The summed E-state index contributed by atoms with van der Waals surface area (Å²) < 4.78 is 0. The highest BCUT2D eigenvalue weighted by molar-refractivity contribution is 5.96. The van der Waals surface area contributed by atoms with Crippen LogP contribution in [0, 0.1) is 27.7 Å². The van der Waals surface area contributed by atoms with E-state index in [1.807, 2.05) is 0 Å². The van der Waals surface area contributed by atoms with Gasteiger partial charge in [0.1, 0.15) is 0 Å². The Morgan fingerprint density at radius 1 is 0.342 bits per heavy atom. The van der Waals surface area contributed by atoms with Crippen LogP contribution in [0.25, 0.3) is 23.3 Å². The van der Waals surface area contributed by atoms with Gasteiger partial charge in [-0.05, 0) is 84.4 Å². The maximum absolute atomic E-state index is 2.34. The monoisotopic (exact) mass is 490 g/mol. The second-order valence-corrected chi connectivity index (χ2v) is 10.2. The van der Waals surface area contributed by atoms with E-state index in [2.05, 4.69) is 161 Å². The number of benzene rings is 5. The summed E-state index contributed by atoms with van der Waals surface area (Å²) in [5, 5.41) is 0. The van der Waals surface area contributed by atoms with Crippen molar-refractivity contribution in [3.05, 3.63) is 177 Å². The summed E-state index contributed by atoms with van der Waals surface area (Å²) in [6, 6.07) is 44.0. The molecule has 0 radical (unpaired) electrons. The van der Waals surface area contributed by atoms with E-state index >= 15 is 0 Å². The molecular formula is C38H34. The minimum absolute atomic E-state index is 1.19. The van der Waals surface area contributed by atoms with E-state index in [1.54, 1.807) is 0 Å². The van der Waals surface area contributed by atoms with Gasteiger partial charge in [0.2, 0.25) is 0 Å². The third-order valence-electron chi connectivity index (χ3n) is 7.05. The average molecular weight is 491 g/mol. The molecule has 0 unspecified atom stereocenters. The molecule has 186 valence electrons. The van der Waals surface area contributed by atoms with Gasteiger partial charge in [-0.2, -0.15) is 0 Å². The number of aryl methyl sites for hydroxylation is 4. The fourth-order valence-corrected chi connectivity index (χ4v) is 4.68. The van der Waals surface area contributed by atoms with Crippen molar-refractivity contribution < 1.29 is 0 Å². The summed E-state index contributed by atoms with van der Waals surface area (Å²) >= 11 is 0. The lowest BCUT2D eigenvalue weighted by Gasteiger charge is -2.13. The maximum Gasteiger partial charge on any atom is -0.0105 e. The quantitative estimate of drug-likeness (QED) is 0.208. The molecule has 0 aliphatic heterocycles. The van der Waals surface area contributed by atoms with E-state index in [0.29, 0.717) is 0 Å². The van der Waals surface area contributed by atoms with Gasteiger partial charge in [-0.15, -0.1) is 0 Å². The highest BCUT2D eigenvalue weighted by Gasteiger charge is 2.10. The molecule has 38 heavy (non-hydrogen) atoms. The van der Waals surface area contributed by atoms with Crippen LogP contribution in [0.3, 0.4) is 0 Å². The Bertz CT molecular complexity index is 1360. The summed E-state index contributed by atoms with van der Waals surface area (Å²) in [6.07, 6.45) is 4.67. The SMILES string of the molecule is Cc1ccc(C(=Cc2ccccc2C=C(c2ccc(C)cc2)c2ccc(C)cc2)c2ccc(C)cc2)cc1. The van der Waals surface area contributed by atoms with Crippen LogP contribution in [0.15, 0.2) is 121 Å². The third kappa shape index (κ3) is 5.93. The predicted octanol–water partition coefficient (Wildman–Crippen LogP) is 10.1. The molecule has 0 N–H and O–H groups in total. The summed E-state index contributed by atoms with van der Waals surface area (Å²) in [5.74, 6) is 0. The van der Waals surface area contributed by atoms with Crippen LogP contribution in [0.4, 0.5) is 0 Å². The lowest BCUT2D eigenvalue weighted by Crippen LogP contribution is -1.92. The fraction of sp³-hybridized carbons (Fsp3) is 0.105. The molecule has 0 spiro atoms. The molecule has 0 fully saturated rings. The zero-order valence-corrected chi connectivity index (χ0v) is 22.7. The summed E-state index contributed by atoms with van der Waals surface area (Å²) in [5.41, 5.74) is 14.8. The Kier molecular flexibility index (Phi) is 7.52. The van der Waals surface area contributed by atoms with E-state index in [0.717, 1.165) is 0 Å². The third-order valence-corrected chi connectivity index (χ3v) is 7.05. The molecule has 5 aromatic rings. The van der Waals surface area contributed by atoms with Gasteiger partial charge in [0.05, 0.1) is 0 Å². The topological polar surface area (TPSA) is 0 Å². The van der Waals surface area contributed by atoms with Gasteiger partial charge in [-0.3, -0.25) is 0 Å². The Balaban J connectivity index is 1.68. The van der Waals surface area contributed by atoms with E-state index in [1.165, 1.54) is 66.8 Å². The average Bonchev–Trinajstić information content (AvgIpc) is 2.93.